The molecule has 0 radical (unpaired) electrons. The molecule has 0 bridgehead atoms. The van der Waals surface area contributed by atoms with E-state index in [1.54, 1.807) is 24.3 Å². The van der Waals surface area contributed by atoms with Crippen molar-refractivity contribution in [3.05, 3.63) is 64.4 Å². The summed E-state index contributed by atoms with van der Waals surface area (Å²) >= 11 is 5.91. The Morgan fingerprint density at radius 1 is 1.27 bits per heavy atom. The van der Waals surface area contributed by atoms with Gasteiger partial charge >= 0.3 is 6.36 Å². The van der Waals surface area contributed by atoms with Crippen LogP contribution in [0.15, 0.2) is 47.5 Å². The molecule has 1 heterocycles. The van der Waals surface area contributed by atoms with E-state index in [0.717, 1.165) is 24.4 Å². The van der Waals surface area contributed by atoms with E-state index in [2.05, 4.69) is 25.2 Å². The zero-order valence-corrected chi connectivity index (χ0v) is 15.6. The van der Waals surface area contributed by atoms with E-state index in [4.69, 9.17) is 17.3 Å². The Kier molecular flexibility index (Phi) is 5.92. The summed E-state index contributed by atoms with van der Waals surface area (Å²) < 4.78 is 54.0. The highest BCUT2D eigenvalue weighted by atomic mass is 35.5. The molecule has 3 rings (SSSR count). The van der Waals surface area contributed by atoms with Gasteiger partial charge in [0.05, 0.1) is 0 Å². The van der Waals surface area contributed by atoms with Crippen LogP contribution in [0.2, 0.25) is 5.02 Å². The summed E-state index contributed by atoms with van der Waals surface area (Å²) in [6, 6.07) is 9.36. The molecule has 0 atom stereocenters. The number of aromatic amines is 1. The quantitative estimate of drug-likeness (QED) is 0.381. The maximum atomic E-state index is 13.8. The van der Waals surface area contributed by atoms with Crippen molar-refractivity contribution >= 4 is 41.0 Å². The maximum Gasteiger partial charge on any atom is 0.573 e. The number of rotatable bonds is 6. The number of anilines is 2. The number of primary amides is 1. The second-order valence-corrected chi connectivity index (χ2v) is 6.23. The number of alkyl halides is 3. The van der Waals surface area contributed by atoms with Crippen molar-refractivity contribution in [3.63, 3.8) is 0 Å². The SMILES string of the molecule is NC(=O)c1c(Nc2cccc(Cl)c2)n[nH]c1/N=C/c1ccc(OC(F)(F)F)c(F)c1. The smallest absolute Gasteiger partial charge is 0.403 e. The number of nitrogens with zero attached hydrogens (tertiary/aromatic N) is 2. The topological polar surface area (TPSA) is 105 Å². The Morgan fingerprint density at radius 3 is 2.67 bits per heavy atom. The molecule has 0 saturated carbocycles. The number of halogens is 5. The largest absolute Gasteiger partial charge is 0.573 e. The van der Waals surface area contributed by atoms with Gasteiger partial charge in [-0.2, -0.15) is 5.10 Å². The van der Waals surface area contributed by atoms with Gasteiger partial charge in [0.1, 0.15) is 5.56 Å². The molecule has 30 heavy (non-hydrogen) atoms. The minimum absolute atomic E-state index is 0.0388. The number of nitrogens with one attached hydrogen (secondary N) is 2. The summed E-state index contributed by atoms with van der Waals surface area (Å²) in [7, 11) is 0. The summed E-state index contributed by atoms with van der Waals surface area (Å²) in [5.74, 6) is -3.02. The Labute approximate surface area is 171 Å². The van der Waals surface area contributed by atoms with Gasteiger partial charge in [-0.15, -0.1) is 13.2 Å². The molecule has 7 nitrogen and oxygen atoms in total. The second-order valence-electron chi connectivity index (χ2n) is 5.79. The van der Waals surface area contributed by atoms with Crippen LogP contribution >= 0.6 is 11.6 Å². The van der Waals surface area contributed by atoms with E-state index in [1.807, 2.05) is 0 Å². The van der Waals surface area contributed by atoms with Crippen LogP contribution in [0, 0.1) is 5.82 Å². The first-order chi connectivity index (χ1) is 14.1. The van der Waals surface area contributed by atoms with Crippen LogP contribution in [0.4, 0.5) is 34.9 Å². The third kappa shape index (κ3) is 5.26. The number of carbonyl (C=O) groups is 1. The summed E-state index contributed by atoms with van der Waals surface area (Å²) in [6.07, 6.45) is -3.90. The molecule has 1 amide bonds. The van der Waals surface area contributed by atoms with Crippen molar-refractivity contribution in [1.82, 2.24) is 10.2 Å². The number of amides is 1. The van der Waals surface area contributed by atoms with E-state index < -0.39 is 23.8 Å². The number of aliphatic imine (C=N–C) groups is 1. The van der Waals surface area contributed by atoms with Crippen LogP contribution in [0.3, 0.4) is 0 Å². The van der Waals surface area contributed by atoms with Crippen LogP contribution in [0.25, 0.3) is 0 Å². The molecule has 4 N–H and O–H groups in total. The molecule has 0 fully saturated rings. The average molecular weight is 442 g/mol. The molecule has 2 aromatic carbocycles. The van der Waals surface area contributed by atoms with Crippen molar-refractivity contribution in [2.45, 2.75) is 6.36 Å². The summed E-state index contributed by atoms with van der Waals surface area (Å²) in [4.78, 5) is 15.8. The van der Waals surface area contributed by atoms with Gasteiger partial charge < -0.3 is 15.8 Å². The monoisotopic (exact) mass is 441 g/mol. The Bertz CT molecular complexity index is 1110. The van der Waals surface area contributed by atoms with Crippen LogP contribution in [0.5, 0.6) is 5.75 Å². The number of benzene rings is 2. The molecule has 1 aromatic heterocycles. The molecular weight excluding hydrogens is 430 g/mol. The van der Waals surface area contributed by atoms with E-state index >= 15 is 0 Å². The van der Waals surface area contributed by atoms with Gasteiger partial charge in [0.25, 0.3) is 5.91 Å². The van der Waals surface area contributed by atoms with Gasteiger partial charge in [-0.1, -0.05) is 17.7 Å². The van der Waals surface area contributed by atoms with Crippen molar-refractivity contribution in [2.75, 3.05) is 5.32 Å². The predicted molar refractivity (Wildman–Crippen MR) is 102 cm³/mol. The van der Waals surface area contributed by atoms with Crippen molar-refractivity contribution in [1.29, 1.82) is 0 Å². The molecule has 0 saturated heterocycles. The Hall–Kier alpha value is -3.60. The van der Waals surface area contributed by atoms with Crippen LogP contribution < -0.4 is 15.8 Å². The number of ether oxygens (including phenoxy) is 1. The number of nitrogens with two attached hydrogens (primary N) is 1. The molecule has 0 aliphatic rings. The molecule has 0 unspecified atom stereocenters. The number of carbonyl (C=O) groups excluding carboxylic acids is 1. The second kappa shape index (κ2) is 8.41. The highest BCUT2D eigenvalue weighted by molar-refractivity contribution is 6.30. The van der Waals surface area contributed by atoms with Crippen molar-refractivity contribution < 1.29 is 27.1 Å². The third-order valence-electron chi connectivity index (χ3n) is 3.61. The van der Waals surface area contributed by atoms with Gasteiger partial charge in [0.2, 0.25) is 0 Å². The summed E-state index contributed by atoms with van der Waals surface area (Å²) in [5.41, 5.74) is 5.96. The number of aromatic nitrogens is 2. The first kappa shape index (κ1) is 21.1. The van der Waals surface area contributed by atoms with Crippen LogP contribution in [-0.4, -0.2) is 28.7 Å². The van der Waals surface area contributed by atoms with E-state index in [0.29, 0.717) is 10.7 Å². The molecule has 0 aliphatic heterocycles. The minimum atomic E-state index is -5.02. The highest BCUT2D eigenvalue weighted by Crippen LogP contribution is 2.28. The lowest BCUT2D eigenvalue weighted by Gasteiger charge is -2.09. The standard InChI is InChI=1S/C18H12ClF4N5O2/c19-10-2-1-3-11(7-10)26-17-14(15(24)29)16(27-28-17)25-8-9-4-5-13(12(20)6-9)30-18(21,22)23/h1-8H,(H2,24,29)(H2,26,27,28)/b25-8+. The van der Waals surface area contributed by atoms with Gasteiger partial charge in [0, 0.05) is 16.9 Å². The van der Waals surface area contributed by atoms with E-state index in [-0.39, 0.29) is 22.8 Å². The van der Waals surface area contributed by atoms with Gasteiger partial charge in [-0.3, -0.25) is 9.89 Å². The van der Waals surface area contributed by atoms with Gasteiger partial charge in [0.15, 0.2) is 23.2 Å². The molecular formula is C18H12ClF4N5O2. The predicted octanol–water partition coefficient (Wildman–Crippen LogP) is 4.69. The maximum absolute atomic E-state index is 13.8. The van der Waals surface area contributed by atoms with Crippen molar-refractivity contribution in [3.8, 4) is 5.75 Å². The first-order valence-electron chi connectivity index (χ1n) is 8.12. The zero-order chi connectivity index (χ0) is 21.9. The van der Waals surface area contributed by atoms with E-state index in [9.17, 15) is 22.4 Å². The molecule has 156 valence electrons. The average Bonchev–Trinajstić information content (AvgIpc) is 3.04. The van der Waals surface area contributed by atoms with Crippen molar-refractivity contribution in [2.24, 2.45) is 10.7 Å². The molecule has 3 aromatic rings. The van der Waals surface area contributed by atoms with Crippen LogP contribution in [0.1, 0.15) is 15.9 Å². The Balaban J connectivity index is 1.84. The lowest BCUT2D eigenvalue weighted by atomic mass is 10.2. The van der Waals surface area contributed by atoms with Crippen LogP contribution in [-0.2, 0) is 0 Å². The fraction of sp³-hybridized carbons (Fsp3) is 0.0556. The summed E-state index contributed by atoms with van der Waals surface area (Å²) in [6.45, 7) is 0. The Morgan fingerprint density at radius 2 is 2.03 bits per heavy atom. The van der Waals surface area contributed by atoms with Gasteiger partial charge in [-0.05, 0) is 42.0 Å². The minimum Gasteiger partial charge on any atom is -0.403 e. The highest BCUT2D eigenvalue weighted by Gasteiger charge is 2.32. The number of hydrogen-bond acceptors (Lipinski definition) is 5. The zero-order valence-electron chi connectivity index (χ0n) is 14.8. The fourth-order valence-corrected chi connectivity index (χ4v) is 2.59. The molecule has 0 spiro atoms. The molecule has 12 heteroatoms. The molecule has 0 aliphatic carbocycles. The normalized spacial score (nSPS) is 11.6. The number of H-pyrrole nitrogens is 1. The lowest BCUT2D eigenvalue weighted by Crippen LogP contribution is -2.18. The van der Waals surface area contributed by atoms with E-state index in [1.165, 1.54) is 0 Å². The number of hydrogen-bond donors (Lipinski definition) is 3. The summed E-state index contributed by atoms with van der Waals surface area (Å²) in [5, 5.41) is 9.76. The van der Waals surface area contributed by atoms with Gasteiger partial charge in [-0.25, -0.2) is 9.38 Å². The third-order valence-corrected chi connectivity index (χ3v) is 3.84. The lowest BCUT2D eigenvalue weighted by molar-refractivity contribution is -0.275. The fourth-order valence-electron chi connectivity index (χ4n) is 2.40. The first-order valence-corrected chi connectivity index (χ1v) is 8.50.